The van der Waals surface area contributed by atoms with Gasteiger partial charge in [-0.1, -0.05) is 40.5 Å². The topological polar surface area (TPSA) is 64.9 Å². The number of rotatable bonds is 3. The van der Waals surface area contributed by atoms with Crippen molar-refractivity contribution in [2.24, 2.45) is 5.73 Å². The van der Waals surface area contributed by atoms with Crippen LogP contribution in [-0.2, 0) is 6.54 Å². The largest absolute Gasteiger partial charge is 0.334 e. The number of nitrogens with two attached hydrogens (primary N) is 1. The number of halogens is 2. The summed E-state index contributed by atoms with van der Waals surface area (Å²) >= 11 is 11.9. The smallest absolute Gasteiger partial charge is 0.258 e. The molecular weight excluding hydrogens is 309 g/mol. The average molecular weight is 320 g/mol. The molecule has 0 aliphatic carbocycles. The molecule has 0 atom stereocenters. The highest BCUT2D eigenvalue weighted by Gasteiger charge is 2.11. The van der Waals surface area contributed by atoms with Gasteiger partial charge in [0.1, 0.15) is 0 Å². The second kappa shape index (κ2) is 5.85. The van der Waals surface area contributed by atoms with Crippen molar-refractivity contribution < 1.29 is 4.52 Å². The maximum atomic E-state index is 5.99. The van der Waals surface area contributed by atoms with Crippen molar-refractivity contribution in [1.29, 1.82) is 0 Å². The van der Waals surface area contributed by atoms with Gasteiger partial charge in [0.05, 0.1) is 10.0 Å². The molecule has 0 radical (unpaired) electrons. The Labute approximate surface area is 131 Å². The summed E-state index contributed by atoms with van der Waals surface area (Å²) < 4.78 is 5.28. The number of benzene rings is 2. The molecular formula is C15H11Cl2N3O. The zero-order chi connectivity index (χ0) is 14.8. The maximum absolute atomic E-state index is 5.99. The highest BCUT2D eigenvalue weighted by Crippen LogP contribution is 2.28. The lowest BCUT2D eigenvalue weighted by atomic mass is 10.1. The Morgan fingerprint density at radius 1 is 0.952 bits per heavy atom. The summed E-state index contributed by atoms with van der Waals surface area (Å²) in [4.78, 5) is 4.37. The van der Waals surface area contributed by atoms with Crippen LogP contribution in [0.4, 0.5) is 0 Å². The van der Waals surface area contributed by atoms with Crippen LogP contribution >= 0.6 is 23.2 Å². The second-order valence-corrected chi connectivity index (χ2v) is 5.27. The van der Waals surface area contributed by atoms with Crippen molar-refractivity contribution in [3.8, 4) is 22.8 Å². The molecule has 4 nitrogen and oxygen atoms in total. The Bertz CT molecular complexity index is 769. The van der Waals surface area contributed by atoms with E-state index in [-0.39, 0.29) is 0 Å². The molecule has 2 N–H and O–H groups in total. The van der Waals surface area contributed by atoms with E-state index in [4.69, 9.17) is 33.5 Å². The molecule has 1 aromatic heterocycles. The molecule has 2 aromatic carbocycles. The molecule has 0 aliphatic heterocycles. The number of hydrogen-bond acceptors (Lipinski definition) is 4. The van der Waals surface area contributed by atoms with Crippen LogP contribution in [0.1, 0.15) is 5.56 Å². The van der Waals surface area contributed by atoms with E-state index < -0.39 is 0 Å². The van der Waals surface area contributed by atoms with Crippen LogP contribution in [0.3, 0.4) is 0 Å². The first-order valence-electron chi connectivity index (χ1n) is 6.26. The lowest BCUT2D eigenvalue weighted by molar-refractivity contribution is 0.432. The molecule has 0 saturated heterocycles. The molecule has 1 heterocycles. The molecule has 0 aliphatic rings. The van der Waals surface area contributed by atoms with Crippen LogP contribution in [0.2, 0.25) is 10.0 Å². The Kier molecular flexibility index (Phi) is 3.92. The molecule has 0 spiro atoms. The van der Waals surface area contributed by atoms with E-state index in [1.54, 1.807) is 18.2 Å². The summed E-state index contributed by atoms with van der Waals surface area (Å²) in [6, 6.07) is 12.8. The minimum absolute atomic E-state index is 0.444. The molecule has 6 heteroatoms. The highest BCUT2D eigenvalue weighted by atomic mass is 35.5. The van der Waals surface area contributed by atoms with Crippen molar-refractivity contribution in [2.75, 3.05) is 0 Å². The lowest BCUT2D eigenvalue weighted by Crippen LogP contribution is -1.95. The Morgan fingerprint density at radius 2 is 1.67 bits per heavy atom. The molecule has 106 valence electrons. The first-order chi connectivity index (χ1) is 10.2. The van der Waals surface area contributed by atoms with Crippen molar-refractivity contribution in [1.82, 2.24) is 10.1 Å². The third-order valence-corrected chi connectivity index (χ3v) is 3.78. The van der Waals surface area contributed by atoms with Gasteiger partial charge in [-0.15, -0.1) is 0 Å². The van der Waals surface area contributed by atoms with Crippen LogP contribution in [0.25, 0.3) is 22.8 Å². The van der Waals surface area contributed by atoms with Gasteiger partial charge in [-0.3, -0.25) is 0 Å². The summed E-state index contributed by atoms with van der Waals surface area (Å²) in [7, 11) is 0. The van der Waals surface area contributed by atoms with Gasteiger partial charge in [-0.2, -0.15) is 4.98 Å². The normalized spacial score (nSPS) is 10.8. The van der Waals surface area contributed by atoms with E-state index >= 15 is 0 Å². The van der Waals surface area contributed by atoms with E-state index in [2.05, 4.69) is 10.1 Å². The van der Waals surface area contributed by atoms with Gasteiger partial charge in [-0.05, 0) is 35.9 Å². The first kappa shape index (κ1) is 14.1. The van der Waals surface area contributed by atoms with Crippen molar-refractivity contribution in [2.45, 2.75) is 6.54 Å². The van der Waals surface area contributed by atoms with Crippen molar-refractivity contribution in [3.63, 3.8) is 0 Å². The molecule has 0 amide bonds. The van der Waals surface area contributed by atoms with E-state index in [1.807, 2.05) is 24.3 Å². The van der Waals surface area contributed by atoms with E-state index in [0.717, 1.165) is 16.7 Å². The van der Waals surface area contributed by atoms with Crippen LogP contribution in [0.5, 0.6) is 0 Å². The third kappa shape index (κ3) is 2.93. The Hall–Kier alpha value is -1.88. The van der Waals surface area contributed by atoms with Gasteiger partial charge < -0.3 is 10.3 Å². The quantitative estimate of drug-likeness (QED) is 0.786. The van der Waals surface area contributed by atoms with Gasteiger partial charge in [0.25, 0.3) is 5.89 Å². The van der Waals surface area contributed by atoms with Crippen LogP contribution in [0, 0.1) is 0 Å². The van der Waals surface area contributed by atoms with Crippen LogP contribution < -0.4 is 5.73 Å². The number of hydrogen-bond donors (Lipinski definition) is 1. The molecule has 0 fully saturated rings. The SMILES string of the molecule is NCc1ccc(-c2nc(-c3ccc(Cl)c(Cl)c3)no2)cc1. The standard InChI is InChI=1S/C15H11Cl2N3O/c16-12-6-5-11(7-13(12)17)14-19-15(21-20-14)10-3-1-9(8-18)2-4-10/h1-7H,8,18H2. The minimum Gasteiger partial charge on any atom is -0.334 e. The molecule has 0 saturated carbocycles. The Morgan fingerprint density at radius 3 is 2.33 bits per heavy atom. The van der Waals surface area contributed by atoms with Crippen molar-refractivity contribution in [3.05, 3.63) is 58.1 Å². The monoisotopic (exact) mass is 319 g/mol. The fourth-order valence-electron chi connectivity index (χ4n) is 1.88. The zero-order valence-corrected chi connectivity index (χ0v) is 12.4. The summed E-state index contributed by atoms with van der Waals surface area (Å²) in [5, 5.41) is 4.90. The molecule has 0 unspecified atom stereocenters. The summed E-state index contributed by atoms with van der Waals surface area (Å²) in [5.41, 5.74) is 8.20. The fraction of sp³-hybridized carbons (Fsp3) is 0.0667. The summed E-state index contributed by atoms with van der Waals surface area (Å²) in [6.45, 7) is 0.499. The van der Waals surface area contributed by atoms with E-state index in [0.29, 0.717) is 28.3 Å². The third-order valence-electron chi connectivity index (χ3n) is 3.04. The van der Waals surface area contributed by atoms with Crippen LogP contribution in [-0.4, -0.2) is 10.1 Å². The molecule has 3 aromatic rings. The van der Waals surface area contributed by atoms with E-state index in [9.17, 15) is 0 Å². The number of nitrogens with zero attached hydrogens (tertiary/aromatic N) is 2. The summed E-state index contributed by atoms with van der Waals surface area (Å²) in [5.74, 6) is 0.908. The van der Waals surface area contributed by atoms with E-state index in [1.165, 1.54) is 0 Å². The van der Waals surface area contributed by atoms with Gasteiger partial charge in [0.15, 0.2) is 0 Å². The second-order valence-electron chi connectivity index (χ2n) is 4.45. The maximum Gasteiger partial charge on any atom is 0.258 e. The predicted molar refractivity (Wildman–Crippen MR) is 83.1 cm³/mol. The predicted octanol–water partition coefficient (Wildman–Crippen LogP) is 4.17. The average Bonchev–Trinajstić information content (AvgIpc) is 3.00. The van der Waals surface area contributed by atoms with Gasteiger partial charge in [-0.25, -0.2) is 0 Å². The highest BCUT2D eigenvalue weighted by molar-refractivity contribution is 6.42. The molecule has 3 rings (SSSR count). The fourth-order valence-corrected chi connectivity index (χ4v) is 2.17. The lowest BCUT2D eigenvalue weighted by Gasteiger charge is -1.98. The van der Waals surface area contributed by atoms with Gasteiger partial charge >= 0.3 is 0 Å². The minimum atomic E-state index is 0.444. The Balaban J connectivity index is 1.93. The van der Waals surface area contributed by atoms with Crippen molar-refractivity contribution >= 4 is 23.2 Å². The zero-order valence-electron chi connectivity index (χ0n) is 10.9. The summed E-state index contributed by atoms with van der Waals surface area (Å²) in [6.07, 6.45) is 0. The number of aromatic nitrogens is 2. The molecule has 0 bridgehead atoms. The van der Waals surface area contributed by atoms with Gasteiger partial charge in [0.2, 0.25) is 5.82 Å². The first-order valence-corrected chi connectivity index (χ1v) is 7.01. The molecule has 21 heavy (non-hydrogen) atoms. The van der Waals surface area contributed by atoms with Crippen LogP contribution in [0.15, 0.2) is 47.0 Å². The van der Waals surface area contributed by atoms with Gasteiger partial charge in [0, 0.05) is 17.7 Å².